The molecule has 1 aromatic heterocycles. The molecule has 0 aliphatic carbocycles. The molecule has 0 bridgehead atoms. The maximum absolute atomic E-state index is 7.71. The van der Waals surface area contributed by atoms with E-state index in [1.54, 1.807) is 6.33 Å². The molecule has 3 rings (SSSR count). The lowest BCUT2D eigenvalue weighted by Gasteiger charge is -2.10. The fourth-order valence-corrected chi connectivity index (χ4v) is 2.45. The van der Waals surface area contributed by atoms with Crippen LogP contribution >= 0.6 is 15.9 Å². The summed E-state index contributed by atoms with van der Waals surface area (Å²) in [4.78, 5) is 4.36. The Morgan fingerprint density at radius 3 is 2.79 bits per heavy atom. The van der Waals surface area contributed by atoms with E-state index in [0.717, 1.165) is 21.2 Å². The summed E-state index contributed by atoms with van der Waals surface area (Å²) < 4.78 is 2.84. The molecule has 2 aromatic carbocycles. The van der Waals surface area contributed by atoms with Gasteiger partial charge in [0.2, 0.25) is 0 Å². The normalized spacial score (nSPS) is 10.8. The van der Waals surface area contributed by atoms with Gasteiger partial charge < -0.3 is 5.73 Å². The van der Waals surface area contributed by atoms with Crippen LogP contribution in [0.1, 0.15) is 5.56 Å². The summed E-state index contributed by atoms with van der Waals surface area (Å²) in [6, 6.07) is 13.6. The van der Waals surface area contributed by atoms with Crippen molar-refractivity contribution in [1.82, 2.24) is 9.55 Å². The molecule has 0 spiro atoms. The molecule has 1 heterocycles. The molecule has 0 radical (unpaired) electrons. The Balaban J connectivity index is 2.30. The van der Waals surface area contributed by atoms with E-state index < -0.39 is 0 Å². The number of hydrogen-bond donors (Lipinski definition) is 2. The van der Waals surface area contributed by atoms with E-state index in [1.807, 2.05) is 47.0 Å². The Morgan fingerprint density at radius 2 is 2.00 bits per heavy atom. The van der Waals surface area contributed by atoms with E-state index in [1.165, 1.54) is 0 Å². The van der Waals surface area contributed by atoms with Crippen LogP contribution in [-0.4, -0.2) is 15.4 Å². The first-order chi connectivity index (χ1) is 9.16. The van der Waals surface area contributed by atoms with Gasteiger partial charge in [0.15, 0.2) is 0 Å². The molecule has 5 heteroatoms. The highest BCUT2D eigenvalue weighted by Gasteiger charge is 2.10. The molecule has 3 aromatic rings. The van der Waals surface area contributed by atoms with E-state index in [2.05, 4.69) is 20.9 Å². The monoisotopic (exact) mass is 314 g/mol. The Kier molecular flexibility index (Phi) is 2.83. The zero-order valence-corrected chi connectivity index (χ0v) is 11.6. The maximum atomic E-state index is 7.71. The molecule has 0 aliphatic heterocycles. The zero-order chi connectivity index (χ0) is 13.4. The molecule has 19 heavy (non-hydrogen) atoms. The highest BCUT2D eigenvalue weighted by Crippen LogP contribution is 2.23. The third kappa shape index (κ3) is 2.02. The molecule has 0 atom stereocenters. The standard InChI is InChI=1S/C14H11BrN4/c15-9-5-6-12(10(7-9)14(16)17)19-8-18-11-3-1-2-4-13(11)19/h1-8H,(H3,16,17). The Labute approximate surface area is 118 Å². The number of benzene rings is 2. The van der Waals surface area contributed by atoms with Crippen LogP contribution in [0.2, 0.25) is 0 Å². The lowest BCUT2D eigenvalue weighted by Crippen LogP contribution is -2.14. The van der Waals surface area contributed by atoms with E-state index in [9.17, 15) is 0 Å². The van der Waals surface area contributed by atoms with Crippen molar-refractivity contribution in [2.45, 2.75) is 0 Å². The lowest BCUT2D eigenvalue weighted by atomic mass is 10.1. The predicted octanol–water partition coefficient (Wildman–Crippen LogP) is 3.07. The number of nitrogens with two attached hydrogens (primary N) is 1. The van der Waals surface area contributed by atoms with Crippen molar-refractivity contribution in [3.63, 3.8) is 0 Å². The van der Waals surface area contributed by atoms with Gasteiger partial charge in [-0.3, -0.25) is 9.98 Å². The van der Waals surface area contributed by atoms with Gasteiger partial charge in [-0.05, 0) is 30.3 Å². The van der Waals surface area contributed by atoms with Gasteiger partial charge >= 0.3 is 0 Å². The lowest BCUT2D eigenvalue weighted by molar-refractivity contribution is 1.08. The van der Waals surface area contributed by atoms with Crippen LogP contribution in [0.25, 0.3) is 16.7 Å². The minimum Gasteiger partial charge on any atom is -0.384 e. The first-order valence-electron chi connectivity index (χ1n) is 5.73. The van der Waals surface area contributed by atoms with Crippen molar-refractivity contribution < 1.29 is 0 Å². The number of nitrogen functional groups attached to an aromatic ring is 1. The number of nitrogens with zero attached hydrogens (tertiary/aromatic N) is 2. The van der Waals surface area contributed by atoms with Gasteiger partial charge in [0.25, 0.3) is 0 Å². The number of imidazole rings is 1. The van der Waals surface area contributed by atoms with Gasteiger partial charge in [-0.25, -0.2) is 4.98 Å². The highest BCUT2D eigenvalue weighted by atomic mass is 79.9. The van der Waals surface area contributed by atoms with Crippen LogP contribution in [0.4, 0.5) is 0 Å². The van der Waals surface area contributed by atoms with Gasteiger partial charge in [0, 0.05) is 10.0 Å². The number of aromatic nitrogens is 2. The first kappa shape index (κ1) is 11.9. The molecular weight excluding hydrogens is 304 g/mol. The van der Waals surface area contributed by atoms with E-state index in [0.29, 0.717) is 5.56 Å². The number of halogens is 1. The molecular formula is C14H11BrN4. The zero-order valence-electron chi connectivity index (χ0n) is 9.97. The molecule has 94 valence electrons. The fourth-order valence-electron chi connectivity index (χ4n) is 2.09. The predicted molar refractivity (Wildman–Crippen MR) is 79.8 cm³/mol. The largest absolute Gasteiger partial charge is 0.384 e. The van der Waals surface area contributed by atoms with Crippen LogP contribution in [0.3, 0.4) is 0 Å². The summed E-state index contributed by atoms with van der Waals surface area (Å²) in [5.41, 5.74) is 9.10. The summed E-state index contributed by atoms with van der Waals surface area (Å²) in [6.07, 6.45) is 1.75. The fraction of sp³-hybridized carbons (Fsp3) is 0. The van der Waals surface area contributed by atoms with Gasteiger partial charge in [-0.15, -0.1) is 0 Å². The molecule has 0 unspecified atom stereocenters. The van der Waals surface area contributed by atoms with Crippen LogP contribution < -0.4 is 5.73 Å². The summed E-state index contributed by atoms with van der Waals surface area (Å²) >= 11 is 3.40. The van der Waals surface area contributed by atoms with Gasteiger partial charge in [0.05, 0.1) is 16.7 Å². The summed E-state index contributed by atoms with van der Waals surface area (Å²) in [7, 11) is 0. The van der Waals surface area contributed by atoms with Gasteiger partial charge in [-0.1, -0.05) is 28.1 Å². The minimum atomic E-state index is 0.0362. The number of nitrogens with one attached hydrogen (secondary N) is 1. The molecule has 0 fully saturated rings. The smallest absolute Gasteiger partial charge is 0.124 e. The molecule has 0 saturated heterocycles. The third-order valence-corrected chi connectivity index (χ3v) is 3.46. The van der Waals surface area contributed by atoms with Crippen molar-refractivity contribution in [2.24, 2.45) is 5.73 Å². The van der Waals surface area contributed by atoms with Crippen molar-refractivity contribution in [2.75, 3.05) is 0 Å². The number of fused-ring (bicyclic) bond motifs is 1. The van der Waals surface area contributed by atoms with Crippen LogP contribution in [0.15, 0.2) is 53.3 Å². The second-order valence-electron chi connectivity index (χ2n) is 4.18. The van der Waals surface area contributed by atoms with Crippen LogP contribution in [0, 0.1) is 5.41 Å². The molecule has 0 aliphatic rings. The quantitative estimate of drug-likeness (QED) is 0.564. The Morgan fingerprint density at radius 1 is 1.21 bits per heavy atom. The topological polar surface area (TPSA) is 67.7 Å². The Hall–Kier alpha value is -2.14. The van der Waals surface area contributed by atoms with Crippen LogP contribution in [-0.2, 0) is 0 Å². The van der Waals surface area contributed by atoms with Crippen LogP contribution in [0.5, 0.6) is 0 Å². The molecule has 4 nitrogen and oxygen atoms in total. The molecule has 3 N–H and O–H groups in total. The SMILES string of the molecule is N=C(N)c1cc(Br)ccc1-n1cnc2ccccc21. The van der Waals surface area contributed by atoms with Crippen molar-refractivity contribution in [1.29, 1.82) is 5.41 Å². The maximum Gasteiger partial charge on any atom is 0.124 e. The summed E-state index contributed by atoms with van der Waals surface area (Å²) in [5.74, 6) is 0.0362. The van der Waals surface area contributed by atoms with E-state index in [4.69, 9.17) is 11.1 Å². The second kappa shape index (κ2) is 4.51. The number of para-hydroxylation sites is 2. The number of hydrogen-bond acceptors (Lipinski definition) is 2. The molecule has 0 saturated carbocycles. The van der Waals surface area contributed by atoms with Crippen molar-refractivity contribution in [3.8, 4) is 5.69 Å². The molecule has 0 amide bonds. The minimum absolute atomic E-state index is 0.0362. The number of rotatable bonds is 2. The van der Waals surface area contributed by atoms with E-state index in [-0.39, 0.29) is 5.84 Å². The third-order valence-electron chi connectivity index (χ3n) is 2.96. The Bertz CT molecular complexity index is 776. The van der Waals surface area contributed by atoms with Crippen molar-refractivity contribution >= 4 is 32.8 Å². The van der Waals surface area contributed by atoms with E-state index >= 15 is 0 Å². The average molecular weight is 315 g/mol. The van der Waals surface area contributed by atoms with Crippen molar-refractivity contribution in [3.05, 3.63) is 58.8 Å². The highest BCUT2D eigenvalue weighted by molar-refractivity contribution is 9.10. The average Bonchev–Trinajstić information content (AvgIpc) is 2.82. The summed E-state index contributed by atoms with van der Waals surface area (Å²) in [5, 5.41) is 7.71. The second-order valence-corrected chi connectivity index (χ2v) is 5.09. The summed E-state index contributed by atoms with van der Waals surface area (Å²) in [6.45, 7) is 0. The number of amidine groups is 1. The van der Waals surface area contributed by atoms with Gasteiger partial charge in [-0.2, -0.15) is 0 Å². The van der Waals surface area contributed by atoms with Gasteiger partial charge in [0.1, 0.15) is 12.2 Å². The first-order valence-corrected chi connectivity index (χ1v) is 6.52.